The number of ketones is 1. The minimum atomic E-state index is -4.72. The molecule has 0 aliphatic rings. The zero-order chi connectivity index (χ0) is 10.9. The molecule has 0 aromatic rings. The van der Waals surface area contributed by atoms with Crippen LogP contribution in [0, 0.1) is 0 Å². The van der Waals surface area contributed by atoms with Crippen molar-refractivity contribution in [2.24, 2.45) is 0 Å². The van der Waals surface area contributed by atoms with Crippen LogP contribution in [0.3, 0.4) is 0 Å². The fourth-order valence-corrected chi connectivity index (χ4v) is 1.53. The van der Waals surface area contributed by atoms with Gasteiger partial charge in [0.2, 0.25) is 0 Å². The van der Waals surface area contributed by atoms with E-state index in [2.05, 4.69) is 6.58 Å². The molecule has 5 nitrogen and oxygen atoms in total. The fourth-order valence-electron chi connectivity index (χ4n) is 0.757. The second-order valence-corrected chi connectivity index (χ2v) is 4.60. The number of rotatable bonds is 4. The minimum Gasteiger partial charge on any atom is -0.746 e. The quantitative estimate of drug-likeness (QED) is 0.285. The summed E-state index contributed by atoms with van der Waals surface area (Å²) in [6.07, 6.45) is 0.829. The third kappa shape index (κ3) is 2.88. The van der Waals surface area contributed by atoms with Crippen molar-refractivity contribution < 1.29 is 47.3 Å². The van der Waals surface area contributed by atoms with Gasteiger partial charge in [-0.25, -0.2) is 8.42 Å². The van der Waals surface area contributed by atoms with Gasteiger partial charge in [0.15, 0.2) is 10.7 Å². The van der Waals surface area contributed by atoms with Crippen LogP contribution in [0.4, 0.5) is 0 Å². The van der Waals surface area contributed by atoms with E-state index in [1.807, 2.05) is 0 Å². The molecular formula is C7H12NNaO4S. The molecule has 0 aliphatic heterocycles. The van der Waals surface area contributed by atoms with E-state index < -0.39 is 20.8 Å². The molecule has 0 aromatic heterocycles. The zero-order valence-corrected chi connectivity index (χ0v) is 11.6. The van der Waals surface area contributed by atoms with E-state index in [4.69, 9.17) is 0 Å². The van der Waals surface area contributed by atoms with Crippen LogP contribution in [-0.4, -0.2) is 42.6 Å². The summed E-state index contributed by atoms with van der Waals surface area (Å²) >= 11 is 0. The number of carbonyl (C=O) groups excluding carboxylic acids is 1. The molecule has 0 radical (unpaired) electrons. The Labute approximate surface area is 106 Å². The minimum absolute atomic E-state index is 0. The van der Waals surface area contributed by atoms with E-state index in [1.54, 1.807) is 0 Å². The third-order valence-electron chi connectivity index (χ3n) is 1.98. The molecule has 0 amide bonds. The summed E-state index contributed by atoms with van der Waals surface area (Å²) in [4.78, 5) is 10.2. The molecule has 1 unspecified atom stereocenters. The van der Waals surface area contributed by atoms with Gasteiger partial charge in [0.25, 0.3) is 0 Å². The first-order valence-corrected chi connectivity index (χ1v) is 4.88. The van der Waals surface area contributed by atoms with Crippen LogP contribution < -0.4 is 29.6 Å². The molecule has 0 N–H and O–H groups in total. The fraction of sp³-hybridized carbons (Fsp3) is 0.571. The second-order valence-electron chi connectivity index (χ2n) is 2.90. The Hall–Kier alpha value is 0.280. The maximum atomic E-state index is 11.2. The van der Waals surface area contributed by atoms with Gasteiger partial charge in [0.1, 0.15) is 10.1 Å². The summed E-state index contributed by atoms with van der Waals surface area (Å²) in [7, 11) is -2.03. The summed E-state index contributed by atoms with van der Waals surface area (Å²) in [6, 6.07) is 0. The van der Waals surface area contributed by atoms with Crippen molar-refractivity contribution in [1.29, 1.82) is 0 Å². The van der Waals surface area contributed by atoms with E-state index >= 15 is 0 Å². The van der Waals surface area contributed by atoms with Crippen LogP contribution in [0.1, 0.15) is 6.92 Å². The first kappa shape index (κ1) is 16.7. The average molecular weight is 229 g/mol. The van der Waals surface area contributed by atoms with Crippen LogP contribution in [0.2, 0.25) is 0 Å². The Morgan fingerprint density at radius 2 is 1.86 bits per heavy atom. The van der Waals surface area contributed by atoms with E-state index in [0.717, 1.165) is 17.9 Å². The predicted octanol–water partition coefficient (Wildman–Crippen LogP) is -3.43. The van der Waals surface area contributed by atoms with Crippen molar-refractivity contribution in [3.8, 4) is 0 Å². The van der Waals surface area contributed by atoms with Gasteiger partial charge in [0.05, 0.1) is 0 Å². The molecule has 1 atom stereocenters. The standard InChI is InChI=1S/C7H13NO4S.Na/c1-5-6(9)7(2,8(3)4)13(10,11)12;/h5H,1H2,2-4H3,(H,10,11,12);/q;+1/p-1. The van der Waals surface area contributed by atoms with Crippen molar-refractivity contribution in [2.45, 2.75) is 11.8 Å². The molecule has 0 aliphatic carbocycles. The summed E-state index contributed by atoms with van der Waals surface area (Å²) < 4.78 is 32.5. The van der Waals surface area contributed by atoms with E-state index in [1.165, 1.54) is 14.1 Å². The van der Waals surface area contributed by atoms with Crippen molar-refractivity contribution in [3.05, 3.63) is 12.7 Å². The smallest absolute Gasteiger partial charge is 0.746 e. The van der Waals surface area contributed by atoms with Gasteiger partial charge in [-0.2, -0.15) is 0 Å². The van der Waals surface area contributed by atoms with Crippen LogP contribution in [0.5, 0.6) is 0 Å². The Bertz CT molecular complexity index is 325. The summed E-state index contributed by atoms with van der Waals surface area (Å²) in [5, 5.41) is 0. The molecule has 0 bridgehead atoms. The van der Waals surface area contributed by atoms with Crippen molar-refractivity contribution in [2.75, 3.05) is 14.1 Å². The number of carbonyl (C=O) groups is 1. The maximum Gasteiger partial charge on any atom is 1.00 e. The Morgan fingerprint density at radius 1 is 1.50 bits per heavy atom. The Morgan fingerprint density at radius 3 is 1.93 bits per heavy atom. The average Bonchev–Trinajstić information content (AvgIpc) is 1.98. The molecule has 0 saturated carbocycles. The third-order valence-corrected chi connectivity index (χ3v) is 3.52. The largest absolute Gasteiger partial charge is 1.00 e. The van der Waals surface area contributed by atoms with Gasteiger partial charge in [-0.1, -0.05) is 6.58 Å². The van der Waals surface area contributed by atoms with E-state index in [-0.39, 0.29) is 29.6 Å². The summed E-state index contributed by atoms with van der Waals surface area (Å²) in [5.41, 5.74) is 0. The zero-order valence-electron chi connectivity index (χ0n) is 8.77. The second kappa shape index (κ2) is 5.39. The molecule has 0 fully saturated rings. The van der Waals surface area contributed by atoms with Crippen molar-refractivity contribution in [3.63, 3.8) is 0 Å². The van der Waals surface area contributed by atoms with E-state index in [9.17, 15) is 17.8 Å². The van der Waals surface area contributed by atoms with Crippen LogP contribution in [-0.2, 0) is 14.9 Å². The van der Waals surface area contributed by atoms with Crippen LogP contribution in [0.25, 0.3) is 0 Å². The van der Waals surface area contributed by atoms with Crippen LogP contribution >= 0.6 is 0 Å². The number of likely N-dealkylation sites (N-methyl/N-ethyl adjacent to an activating group) is 1. The summed E-state index contributed by atoms with van der Waals surface area (Å²) in [6.45, 7) is 4.20. The monoisotopic (exact) mass is 229 g/mol. The molecule has 0 rings (SSSR count). The molecule has 14 heavy (non-hydrogen) atoms. The maximum absolute atomic E-state index is 11.2. The van der Waals surface area contributed by atoms with Crippen molar-refractivity contribution in [1.82, 2.24) is 4.90 Å². The molecular weight excluding hydrogens is 217 g/mol. The Balaban J connectivity index is 0. The number of nitrogens with zero attached hydrogens (tertiary/aromatic N) is 1. The van der Waals surface area contributed by atoms with Crippen molar-refractivity contribution >= 4 is 15.9 Å². The molecule has 7 heteroatoms. The van der Waals surface area contributed by atoms with Gasteiger partial charge < -0.3 is 4.55 Å². The predicted molar refractivity (Wildman–Crippen MR) is 47.0 cm³/mol. The normalized spacial score (nSPS) is 15.5. The molecule has 76 valence electrons. The topological polar surface area (TPSA) is 77.5 Å². The van der Waals surface area contributed by atoms with Crippen LogP contribution in [0.15, 0.2) is 12.7 Å². The van der Waals surface area contributed by atoms with Gasteiger partial charge in [-0.15, -0.1) is 0 Å². The first-order chi connectivity index (χ1) is 5.67. The Kier molecular flexibility index (Phi) is 6.43. The SMILES string of the molecule is C=CC(=O)C(C)(N(C)C)S(=O)(=O)[O-].[Na+]. The number of hydrogen-bond donors (Lipinski definition) is 0. The molecule has 0 saturated heterocycles. The van der Waals surface area contributed by atoms with Gasteiger partial charge in [-0.3, -0.25) is 9.69 Å². The molecule has 0 aromatic carbocycles. The summed E-state index contributed by atoms with van der Waals surface area (Å²) in [5.74, 6) is -0.826. The first-order valence-electron chi connectivity index (χ1n) is 3.47. The molecule has 0 spiro atoms. The number of hydrogen-bond acceptors (Lipinski definition) is 5. The van der Waals surface area contributed by atoms with Gasteiger partial charge in [-0.05, 0) is 27.1 Å². The van der Waals surface area contributed by atoms with E-state index in [0.29, 0.717) is 0 Å². The van der Waals surface area contributed by atoms with Gasteiger partial charge >= 0.3 is 29.6 Å². The van der Waals surface area contributed by atoms with Gasteiger partial charge in [0, 0.05) is 0 Å². The molecule has 0 heterocycles.